The molecular formula is C20H17N5O3. The third-order valence-corrected chi connectivity index (χ3v) is 4.29. The Balaban J connectivity index is 1.38. The molecule has 1 unspecified atom stereocenters. The van der Waals surface area contributed by atoms with Gasteiger partial charge in [0.1, 0.15) is 18.1 Å². The molecule has 0 bridgehead atoms. The zero-order chi connectivity index (χ0) is 18.9. The van der Waals surface area contributed by atoms with Crippen molar-refractivity contribution in [2.24, 2.45) is 0 Å². The van der Waals surface area contributed by atoms with E-state index in [4.69, 9.17) is 13.9 Å². The first-order valence-electron chi connectivity index (χ1n) is 8.85. The molecule has 0 saturated carbocycles. The lowest BCUT2D eigenvalue weighted by molar-refractivity contribution is 0.0850. The zero-order valence-corrected chi connectivity index (χ0v) is 15.0. The Kier molecular flexibility index (Phi) is 3.93. The van der Waals surface area contributed by atoms with Crippen molar-refractivity contribution in [3.8, 4) is 23.0 Å². The van der Waals surface area contributed by atoms with Crippen LogP contribution in [0.25, 0.3) is 11.5 Å². The van der Waals surface area contributed by atoms with E-state index < -0.39 is 0 Å². The second-order valence-electron chi connectivity index (χ2n) is 6.39. The van der Waals surface area contributed by atoms with Crippen LogP contribution in [0.5, 0.6) is 11.5 Å². The van der Waals surface area contributed by atoms with Gasteiger partial charge in [-0.15, -0.1) is 0 Å². The van der Waals surface area contributed by atoms with Crippen LogP contribution in [0.15, 0.2) is 59.2 Å². The number of aromatic amines is 1. The second-order valence-corrected chi connectivity index (χ2v) is 6.39. The lowest BCUT2D eigenvalue weighted by Crippen LogP contribution is -2.24. The summed E-state index contributed by atoms with van der Waals surface area (Å²) in [4.78, 5) is 9.11. The molecule has 1 aromatic carbocycles. The van der Waals surface area contributed by atoms with E-state index in [1.165, 1.54) is 0 Å². The Morgan fingerprint density at radius 2 is 1.93 bits per heavy atom. The fourth-order valence-electron chi connectivity index (χ4n) is 3.02. The average molecular weight is 375 g/mol. The molecule has 1 aliphatic rings. The van der Waals surface area contributed by atoms with E-state index >= 15 is 0 Å². The summed E-state index contributed by atoms with van der Waals surface area (Å²) in [6.07, 6.45) is 1.24. The number of benzene rings is 1. The molecule has 0 saturated heterocycles. The Morgan fingerprint density at radius 1 is 1.04 bits per heavy atom. The van der Waals surface area contributed by atoms with E-state index in [9.17, 15) is 0 Å². The van der Waals surface area contributed by atoms with E-state index in [1.807, 2.05) is 55.5 Å². The monoisotopic (exact) mass is 375 g/mol. The van der Waals surface area contributed by atoms with Crippen LogP contribution in [-0.4, -0.2) is 26.8 Å². The Hall–Kier alpha value is -3.81. The van der Waals surface area contributed by atoms with Crippen LogP contribution in [0.3, 0.4) is 0 Å². The molecule has 5 rings (SSSR count). The Labute approximate surface area is 160 Å². The maximum atomic E-state index is 6.02. The number of hydrogen-bond donors (Lipinski definition) is 2. The molecule has 8 nitrogen and oxygen atoms in total. The van der Waals surface area contributed by atoms with Crippen LogP contribution in [0.2, 0.25) is 0 Å². The van der Waals surface area contributed by atoms with Gasteiger partial charge in [0.05, 0.1) is 6.26 Å². The number of fused-ring (bicyclic) bond motifs is 1. The van der Waals surface area contributed by atoms with Crippen molar-refractivity contribution in [3.05, 3.63) is 66.3 Å². The predicted octanol–water partition coefficient (Wildman–Crippen LogP) is 4.02. The van der Waals surface area contributed by atoms with Crippen LogP contribution in [0.1, 0.15) is 17.6 Å². The molecule has 1 aliphatic heterocycles. The second kappa shape index (κ2) is 6.73. The van der Waals surface area contributed by atoms with Gasteiger partial charge in [0.2, 0.25) is 0 Å². The van der Waals surface area contributed by atoms with Crippen molar-refractivity contribution in [3.63, 3.8) is 0 Å². The van der Waals surface area contributed by atoms with Gasteiger partial charge in [-0.3, -0.25) is 5.10 Å². The van der Waals surface area contributed by atoms with E-state index in [-0.39, 0.29) is 6.10 Å². The largest absolute Gasteiger partial charge is 0.485 e. The number of anilines is 2. The number of rotatable bonds is 4. The first kappa shape index (κ1) is 16.4. The summed E-state index contributed by atoms with van der Waals surface area (Å²) >= 11 is 0. The summed E-state index contributed by atoms with van der Waals surface area (Å²) in [6, 6.07) is 15.0. The van der Waals surface area contributed by atoms with Gasteiger partial charge in [-0.25, -0.2) is 9.97 Å². The van der Waals surface area contributed by atoms with Crippen molar-refractivity contribution in [1.82, 2.24) is 20.2 Å². The summed E-state index contributed by atoms with van der Waals surface area (Å²) in [5.74, 6) is 3.94. The van der Waals surface area contributed by atoms with Crippen molar-refractivity contribution in [2.75, 3.05) is 11.9 Å². The highest BCUT2D eigenvalue weighted by atomic mass is 16.6. The van der Waals surface area contributed by atoms with Gasteiger partial charge < -0.3 is 19.2 Å². The van der Waals surface area contributed by atoms with Crippen molar-refractivity contribution in [2.45, 2.75) is 13.0 Å². The van der Waals surface area contributed by atoms with E-state index in [2.05, 4.69) is 25.5 Å². The van der Waals surface area contributed by atoms with Crippen LogP contribution in [0.4, 0.5) is 11.6 Å². The van der Waals surface area contributed by atoms with Gasteiger partial charge in [-0.2, -0.15) is 5.10 Å². The number of para-hydroxylation sites is 2. The number of aromatic nitrogens is 4. The van der Waals surface area contributed by atoms with Crippen LogP contribution >= 0.6 is 0 Å². The maximum absolute atomic E-state index is 6.02. The first-order chi connectivity index (χ1) is 13.7. The SMILES string of the molecule is Cc1cc(Nc2cc(-c3ccco3)[nH]n2)nc(C2COc3ccccc3O2)n1. The third kappa shape index (κ3) is 3.16. The van der Waals surface area contributed by atoms with Gasteiger partial charge in [0, 0.05) is 17.8 Å². The molecule has 140 valence electrons. The van der Waals surface area contributed by atoms with E-state index in [0.29, 0.717) is 35.6 Å². The summed E-state index contributed by atoms with van der Waals surface area (Å²) < 4.78 is 17.2. The number of hydrogen-bond acceptors (Lipinski definition) is 7. The van der Waals surface area contributed by atoms with Crippen LogP contribution in [0, 0.1) is 6.92 Å². The fourth-order valence-corrected chi connectivity index (χ4v) is 3.02. The molecule has 1 atom stereocenters. The van der Waals surface area contributed by atoms with Crippen molar-refractivity contribution in [1.29, 1.82) is 0 Å². The highest BCUT2D eigenvalue weighted by Gasteiger charge is 2.25. The molecule has 0 amide bonds. The van der Waals surface area contributed by atoms with Gasteiger partial charge in [-0.05, 0) is 31.2 Å². The number of nitrogens with one attached hydrogen (secondary N) is 2. The molecule has 0 radical (unpaired) electrons. The predicted molar refractivity (Wildman–Crippen MR) is 102 cm³/mol. The highest BCUT2D eigenvalue weighted by Crippen LogP contribution is 2.35. The highest BCUT2D eigenvalue weighted by molar-refractivity contribution is 5.61. The topological polar surface area (TPSA) is 98.1 Å². The lowest BCUT2D eigenvalue weighted by Gasteiger charge is -2.25. The summed E-state index contributed by atoms with van der Waals surface area (Å²) in [5, 5.41) is 10.4. The molecule has 4 aromatic rings. The summed E-state index contributed by atoms with van der Waals surface area (Å²) in [5.41, 5.74) is 1.59. The third-order valence-electron chi connectivity index (χ3n) is 4.29. The van der Waals surface area contributed by atoms with Gasteiger partial charge in [-0.1, -0.05) is 12.1 Å². The molecule has 0 fully saturated rings. The minimum absolute atomic E-state index is 0.352. The minimum Gasteiger partial charge on any atom is -0.485 e. The smallest absolute Gasteiger partial charge is 0.192 e. The zero-order valence-electron chi connectivity index (χ0n) is 15.0. The van der Waals surface area contributed by atoms with Gasteiger partial charge in [0.25, 0.3) is 0 Å². The summed E-state index contributed by atoms with van der Waals surface area (Å²) in [6.45, 7) is 2.26. The molecule has 3 aromatic heterocycles. The number of aryl methyl sites for hydroxylation is 1. The van der Waals surface area contributed by atoms with Gasteiger partial charge in [0.15, 0.2) is 35.0 Å². The summed E-state index contributed by atoms with van der Waals surface area (Å²) in [7, 11) is 0. The number of H-pyrrole nitrogens is 1. The fraction of sp³-hybridized carbons (Fsp3) is 0.150. The molecule has 8 heteroatoms. The number of nitrogens with zero attached hydrogens (tertiary/aromatic N) is 3. The number of ether oxygens (including phenoxy) is 2. The van der Waals surface area contributed by atoms with E-state index in [0.717, 1.165) is 17.1 Å². The Bertz CT molecular complexity index is 1110. The number of furan rings is 1. The molecule has 4 heterocycles. The average Bonchev–Trinajstić information content (AvgIpc) is 3.39. The molecule has 0 spiro atoms. The van der Waals surface area contributed by atoms with Crippen LogP contribution < -0.4 is 14.8 Å². The maximum Gasteiger partial charge on any atom is 0.192 e. The van der Waals surface area contributed by atoms with Crippen molar-refractivity contribution < 1.29 is 13.9 Å². The standard InChI is InChI=1S/C20H17N5O3/c1-12-9-18(22-19-10-13(24-25-19)14-7-4-8-26-14)23-20(21-12)17-11-27-15-5-2-3-6-16(15)28-17/h2-10,17H,11H2,1H3,(H2,21,22,23,24,25). The normalized spacial score (nSPS) is 15.4. The first-order valence-corrected chi connectivity index (χ1v) is 8.85. The van der Waals surface area contributed by atoms with Crippen molar-refractivity contribution >= 4 is 11.6 Å². The molecule has 28 heavy (non-hydrogen) atoms. The van der Waals surface area contributed by atoms with Gasteiger partial charge >= 0.3 is 0 Å². The van der Waals surface area contributed by atoms with Crippen LogP contribution in [-0.2, 0) is 0 Å². The Morgan fingerprint density at radius 3 is 2.79 bits per heavy atom. The molecule has 0 aliphatic carbocycles. The minimum atomic E-state index is -0.381. The quantitative estimate of drug-likeness (QED) is 0.556. The van der Waals surface area contributed by atoms with E-state index in [1.54, 1.807) is 6.26 Å². The molecule has 2 N–H and O–H groups in total. The lowest BCUT2D eigenvalue weighted by atomic mass is 10.2. The molecular weight excluding hydrogens is 358 g/mol.